The smallest absolute Gasteiger partial charge is 0.315 e. The standard InChI is InChI=1S/C26H55N15O5S/c1-16(38-20(42)8-11-47)12-34-25(45)41-19(7-5-10-33-22(29)30)15-37-24(44)39-17(2)13-35-26(46)40-18(14-36-23(43)31-3)6-4-9-32-21(27)28/h16-19,47H,4-15H2,1-3H3,(H,38,42)(H4,27,28,32)(H4,29,30,33)(H2,31,36,43)(H2,34,41,45)(H2,35,40,46)(H2,37,39,44)/t16?,17-,18-,19-/m0/s1. The van der Waals surface area contributed by atoms with E-state index in [-0.39, 0.29) is 56.5 Å². The van der Waals surface area contributed by atoms with E-state index in [2.05, 4.69) is 71.1 Å². The molecule has 0 aromatic heterocycles. The molecular weight excluding hydrogens is 634 g/mol. The van der Waals surface area contributed by atoms with Gasteiger partial charge in [0.25, 0.3) is 0 Å². The molecule has 0 fully saturated rings. The summed E-state index contributed by atoms with van der Waals surface area (Å²) in [7, 11) is 1.48. The fourth-order valence-electron chi connectivity index (χ4n) is 3.90. The van der Waals surface area contributed by atoms with Crippen molar-refractivity contribution in [2.45, 2.75) is 70.1 Å². The molecule has 0 heterocycles. The lowest BCUT2D eigenvalue weighted by Crippen LogP contribution is -2.53. The summed E-state index contributed by atoms with van der Waals surface area (Å²) in [6.45, 7) is 4.84. The number of amides is 9. The monoisotopic (exact) mass is 689 g/mol. The Labute approximate surface area is 281 Å². The minimum atomic E-state index is -0.514. The van der Waals surface area contributed by atoms with Gasteiger partial charge in [0.1, 0.15) is 0 Å². The van der Waals surface area contributed by atoms with Crippen molar-refractivity contribution in [2.75, 3.05) is 52.1 Å². The van der Waals surface area contributed by atoms with Crippen molar-refractivity contribution in [3.8, 4) is 0 Å². The van der Waals surface area contributed by atoms with Crippen molar-refractivity contribution in [2.24, 2.45) is 11.5 Å². The average Bonchev–Trinajstić information content (AvgIpc) is 3.00. The summed E-state index contributed by atoms with van der Waals surface area (Å²) >= 11 is 4.02. The summed E-state index contributed by atoms with van der Waals surface area (Å²) in [6.07, 6.45) is 2.35. The van der Waals surface area contributed by atoms with Crippen LogP contribution in [0, 0.1) is 10.8 Å². The van der Waals surface area contributed by atoms with Gasteiger partial charge >= 0.3 is 24.1 Å². The van der Waals surface area contributed by atoms with Gasteiger partial charge in [0.05, 0.1) is 0 Å². The average molecular weight is 690 g/mol. The summed E-state index contributed by atoms with van der Waals surface area (Å²) in [5.41, 5.74) is 10.6. The van der Waals surface area contributed by atoms with Gasteiger partial charge < -0.3 is 70.0 Å². The number of rotatable bonds is 22. The van der Waals surface area contributed by atoms with Crippen molar-refractivity contribution in [1.82, 2.24) is 58.5 Å². The Morgan fingerprint density at radius 1 is 0.617 bits per heavy atom. The zero-order valence-electron chi connectivity index (χ0n) is 27.4. The molecule has 9 amide bonds. The first-order valence-electron chi connectivity index (χ1n) is 15.4. The first-order valence-corrected chi connectivity index (χ1v) is 16.0. The predicted molar refractivity (Wildman–Crippen MR) is 183 cm³/mol. The third-order valence-corrected chi connectivity index (χ3v) is 6.49. The van der Waals surface area contributed by atoms with E-state index in [4.69, 9.17) is 22.3 Å². The molecule has 0 aliphatic rings. The number of guanidine groups is 2. The first kappa shape index (κ1) is 42.4. The van der Waals surface area contributed by atoms with Gasteiger partial charge in [0, 0.05) is 76.9 Å². The number of thiol groups is 1. The Morgan fingerprint density at radius 3 is 1.45 bits per heavy atom. The van der Waals surface area contributed by atoms with E-state index in [9.17, 15) is 24.0 Å². The normalized spacial score (nSPS) is 12.9. The Morgan fingerprint density at radius 2 is 1.02 bits per heavy atom. The maximum Gasteiger partial charge on any atom is 0.315 e. The summed E-state index contributed by atoms with van der Waals surface area (Å²) in [6, 6.07) is -3.51. The second kappa shape index (κ2) is 25.6. The van der Waals surface area contributed by atoms with E-state index in [1.807, 2.05) is 0 Å². The summed E-state index contributed by atoms with van der Waals surface area (Å²) < 4.78 is 0. The molecule has 0 aliphatic carbocycles. The predicted octanol–water partition coefficient (Wildman–Crippen LogP) is -2.71. The summed E-state index contributed by atoms with van der Waals surface area (Å²) in [4.78, 5) is 60.9. The van der Waals surface area contributed by atoms with Gasteiger partial charge in [-0.2, -0.15) is 12.6 Å². The number of carbonyl (C=O) groups excluding carboxylic acids is 5. The molecule has 4 atom stereocenters. The van der Waals surface area contributed by atoms with Crippen molar-refractivity contribution in [3.63, 3.8) is 0 Å². The fourth-order valence-corrected chi connectivity index (χ4v) is 4.11. The molecule has 0 aromatic carbocycles. The molecule has 47 heavy (non-hydrogen) atoms. The van der Waals surface area contributed by atoms with E-state index >= 15 is 0 Å². The van der Waals surface area contributed by atoms with E-state index in [1.165, 1.54) is 7.05 Å². The van der Waals surface area contributed by atoms with Crippen LogP contribution in [-0.2, 0) is 4.79 Å². The molecule has 0 aliphatic heterocycles. The zero-order valence-corrected chi connectivity index (χ0v) is 28.3. The van der Waals surface area contributed by atoms with E-state index in [1.54, 1.807) is 13.8 Å². The molecule has 0 saturated carbocycles. The molecule has 0 aromatic rings. The van der Waals surface area contributed by atoms with E-state index < -0.39 is 42.2 Å². The molecule has 270 valence electrons. The maximum atomic E-state index is 12.6. The number of nitrogens with one attached hydrogen (secondary N) is 13. The fraction of sp³-hybridized carbons (Fsp3) is 0.731. The molecule has 0 spiro atoms. The van der Waals surface area contributed by atoms with Crippen molar-refractivity contribution >= 4 is 54.6 Å². The Balaban J connectivity index is 4.80. The number of hydrogen-bond donors (Lipinski definition) is 16. The Kier molecular flexibility index (Phi) is 23.1. The lowest BCUT2D eigenvalue weighted by molar-refractivity contribution is -0.121. The lowest BCUT2D eigenvalue weighted by Gasteiger charge is -2.23. The minimum absolute atomic E-state index is 0.0900. The molecule has 21 heteroatoms. The van der Waals surface area contributed by atoms with Gasteiger partial charge in [-0.1, -0.05) is 0 Å². The molecule has 0 radical (unpaired) electrons. The van der Waals surface area contributed by atoms with Crippen LogP contribution in [0.3, 0.4) is 0 Å². The van der Waals surface area contributed by atoms with Crippen LogP contribution in [0.5, 0.6) is 0 Å². The molecule has 0 rings (SSSR count). The van der Waals surface area contributed by atoms with Crippen LogP contribution in [0.4, 0.5) is 19.2 Å². The van der Waals surface area contributed by atoms with E-state index in [0.29, 0.717) is 44.5 Å². The van der Waals surface area contributed by atoms with Crippen molar-refractivity contribution in [1.29, 1.82) is 10.8 Å². The maximum absolute atomic E-state index is 12.6. The largest absolute Gasteiger partial charge is 0.370 e. The zero-order chi connectivity index (χ0) is 35.6. The highest BCUT2D eigenvalue weighted by Crippen LogP contribution is 1.98. The number of carbonyl (C=O) groups is 5. The molecule has 0 saturated heterocycles. The van der Waals surface area contributed by atoms with Crippen molar-refractivity contribution < 1.29 is 24.0 Å². The Hall–Kier alpha value is -4.56. The van der Waals surface area contributed by atoms with Gasteiger partial charge in [0.2, 0.25) is 5.91 Å². The Bertz CT molecular complexity index is 1010. The highest BCUT2D eigenvalue weighted by atomic mass is 32.1. The summed E-state index contributed by atoms with van der Waals surface area (Å²) in [5, 5.41) is 44.1. The van der Waals surface area contributed by atoms with Crippen LogP contribution >= 0.6 is 12.6 Å². The van der Waals surface area contributed by atoms with Crippen LogP contribution in [0.1, 0.15) is 46.0 Å². The molecule has 17 N–H and O–H groups in total. The van der Waals surface area contributed by atoms with Crippen LogP contribution in [0.15, 0.2) is 0 Å². The summed E-state index contributed by atoms with van der Waals surface area (Å²) in [5.74, 6) is -0.0802. The number of hydrogen-bond acceptors (Lipinski definition) is 8. The van der Waals surface area contributed by atoms with Gasteiger partial charge in [-0.05, 0) is 45.3 Å². The third kappa shape index (κ3) is 25.3. The number of urea groups is 4. The van der Waals surface area contributed by atoms with Crippen LogP contribution in [0.25, 0.3) is 0 Å². The van der Waals surface area contributed by atoms with Gasteiger partial charge in [-0.3, -0.25) is 15.6 Å². The third-order valence-electron chi connectivity index (χ3n) is 6.27. The molecule has 1 unspecified atom stereocenters. The minimum Gasteiger partial charge on any atom is -0.370 e. The highest BCUT2D eigenvalue weighted by molar-refractivity contribution is 7.80. The quantitative estimate of drug-likeness (QED) is 0.0243. The molecule has 20 nitrogen and oxygen atoms in total. The highest BCUT2D eigenvalue weighted by Gasteiger charge is 2.17. The topological polar surface area (TPSA) is 317 Å². The van der Waals surface area contributed by atoms with Gasteiger partial charge in [-0.25, -0.2) is 19.2 Å². The van der Waals surface area contributed by atoms with Gasteiger partial charge in [-0.15, -0.1) is 0 Å². The second-order valence-electron chi connectivity index (χ2n) is 10.7. The second-order valence-corrected chi connectivity index (χ2v) is 11.2. The van der Waals surface area contributed by atoms with Crippen LogP contribution in [0.2, 0.25) is 0 Å². The van der Waals surface area contributed by atoms with Crippen LogP contribution < -0.4 is 70.0 Å². The van der Waals surface area contributed by atoms with Crippen molar-refractivity contribution in [3.05, 3.63) is 0 Å². The molecular formula is C26H55N15O5S. The first-order chi connectivity index (χ1) is 22.2. The van der Waals surface area contributed by atoms with Gasteiger partial charge in [0.15, 0.2) is 11.9 Å². The van der Waals surface area contributed by atoms with E-state index in [0.717, 1.165) is 0 Å². The SMILES string of the molecule is CNC(=O)NC[C@H](CCCNC(=N)N)NC(=O)NC[C@H](C)NC(=O)NC[C@H](CCCNC(=N)N)NC(=O)NCC(C)NC(=O)CCS. The molecule has 0 bridgehead atoms. The lowest BCUT2D eigenvalue weighted by atomic mass is 10.1. The number of nitrogens with two attached hydrogens (primary N) is 2. The van der Waals surface area contributed by atoms with Crippen LogP contribution in [-0.4, -0.2) is 118 Å².